The molecule has 0 bridgehead atoms. The molecular formula is C22H17Cl3N2O3. The monoisotopic (exact) mass is 462 g/mol. The van der Waals surface area contributed by atoms with E-state index in [1.54, 1.807) is 12.1 Å². The Morgan fingerprint density at radius 2 is 1.27 bits per heavy atom. The van der Waals surface area contributed by atoms with Gasteiger partial charge < -0.3 is 0 Å². The molecular weight excluding hydrogens is 447 g/mol. The predicted molar refractivity (Wildman–Crippen MR) is 119 cm³/mol. The lowest BCUT2D eigenvalue weighted by molar-refractivity contribution is -0.534. The highest BCUT2D eigenvalue weighted by atomic mass is 35.6. The average Bonchev–Trinajstić information content (AvgIpc) is 3.13. The van der Waals surface area contributed by atoms with Crippen molar-refractivity contribution >= 4 is 40.5 Å². The summed E-state index contributed by atoms with van der Waals surface area (Å²) < 4.78 is -2.03. The van der Waals surface area contributed by atoms with Crippen LogP contribution in [-0.4, -0.2) is 20.9 Å². The lowest BCUT2D eigenvalue weighted by Crippen LogP contribution is -2.54. The van der Waals surface area contributed by atoms with Crippen LogP contribution in [0.15, 0.2) is 91.0 Å². The molecule has 3 aromatic rings. The summed E-state index contributed by atoms with van der Waals surface area (Å²) in [6.45, 7) is 0. The van der Waals surface area contributed by atoms with Crippen molar-refractivity contribution in [2.24, 2.45) is 0 Å². The largest absolute Gasteiger partial charge is 0.279 e. The van der Waals surface area contributed by atoms with Crippen molar-refractivity contribution in [3.63, 3.8) is 0 Å². The third-order valence-corrected chi connectivity index (χ3v) is 5.87. The number of alkyl halides is 3. The molecule has 0 aromatic heterocycles. The molecule has 0 spiro atoms. The molecule has 3 aromatic carbocycles. The van der Waals surface area contributed by atoms with E-state index < -0.39 is 26.4 Å². The van der Waals surface area contributed by atoms with Crippen molar-refractivity contribution in [3.8, 4) is 0 Å². The smallest absolute Gasteiger partial charge is 0.264 e. The van der Waals surface area contributed by atoms with Gasteiger partial charge in [0.1, 0.15) is 0 Å². The van der Waals surface area contributed by atoms with Gasteiger partial charge >= 0.3 is 0 Å². The van der Waals surface area contributed by atoms with Crippen LogP contribution in [0.5, 0.6) is 0 Å². The third-order valence-electron chi connectivity index (χ3n) is 5.22. The van der Waals surface area contributed by atoms with E-state index in [4.69, 9.17) is 39.6 Å². The van der Waals surface area contributed by atoms with E-state index in [-0.39, 0.29) is 0 Å². The molecule has 30 heavy (non-hydrogen) atoms. The Kier molecular flexibility index (Phi) is 5.64. The lowest BCUT2D eigenvalue weighted by atomic mass is 9.75. The first kappa shape index (κ1) is 20.9. The van der Waals surface area contributed by atoms with Gasteiger partial charge in [0.25, 0.3) is 6.04 Å². The molecule has 8 heteroatoms. The Hall–Kier alpha value is -2.31. The van der Waals surface area contributed by atoms with E-state index in [0.29, 0.717) is 16.8 Å². The van der Waals surface area contributed by atoms with Gasteiger partial charge in [0.15, 0.2) is 5.54 Å². The minimum Gasteiger partial charge on any atom is -0.264 e. The Labute approximate surface area is 188 Å². The van der Waals surface area contributed by atoms with Crippen molar-refractivity contribution in [2.75, 3.05) is 5.06 Å². The molecule has 1 aliphatic rings. The van der Waals surface area contributed by atoms with Gasteiger partial charge in [-0.05, 0) is 23.3 Å². The second kappa shape index (κ2) is 8.08. The number of anilines is 1. The van der Waals surface area contributed by atoms with Gasteiger partial charge in [0.2, 0.25) is 9.90 Å². The number of hydrogen-bond acceptors (Lipinski definition) is 4. The van der Waals surface area contributed by atoms with Crippen molar-refractivity contribution in [1.82, 2.24) is 0 Å². The standard InChI is InChI=1S/C22H17Cl3N2O3/c23-22(24,25)20-19(27(28)29)21(16-10-4-1-5-11-16,17-12-6-2-7-13-17)26(30-20)18-14-8-3-9-15-18/h1-15,19-20H/t19-,20+/m0/s1. The van der Waals surface area contributed by atoms with E-state index in [9.17, 15) is 10.1 Å². The second-order valence-corrected chi connectivity index (χ2v) is 9.30. The minimum absolute atomic E-state index is 0.421. The molecule has 0 unspecified atom stereocenters. The molecule has 5 nitrogen and oxygen atoms in total. The fraction of sp³-hybridized carbons (Fsp3) is 0.182. The number of rotatable bonds is 4. The molecule has 0 aliphatic carbocycles. The number of hydroxylamine groups is 1. The maximum absolute atomic E-state index is 12.5. The summed E-state index contributed by atoms with van der Waals surface area (Å²) in [7, 11) is 0. The van der Waals surface area contributed by atoms with Crippen LogP contribution in [0, 0.1) is 10.1 Å². The number of hydrogen-bond donors (Lipinski definition) is 0. The molecule has 0 N–H and O–H groups in total. The number of nitro groups is 1. The van der Waals surface area contributed by atoms with Crippen molar-refractivity contribution in [3.05, 3.63) is 112 Å². The van der Waals surface area contributed by atoms with Crippen molar-refractivity contribution in [2.45, 2.75) is 21.5 Å². The van der Waals surface area contributed by atoms with Crippen LogP contribution in [-0.2, 0) is 10.4 Å². The highest BCUT2D eigenvalue weighted by Gasteiger charge is 2.69. The molecule has 154 valence electrons. The molecule has 1 heterocycles. The highest BCUT2D eigenvalue weighted by molar-refractivity contribution is 6.68. The topological polar surface area (TPSA) is 55.6 Å². The number of benzene rings is 3. The Balaban J connectivity index is 2.09. The average molecular weight is 464 g/mol. The van der Waals surface area contributed by atoms with Crippen LogP contribution < -0.4 is 5.06 Å². The predicted octanol–water partition coefficient (Wildman–Crippen LogP) is 5.77. The molecule has 1 fully saturated rings. The molecule has 0 saturated carbocycles. The summed E-state index contributed by atoms with van der Waals surface area (Å²) in [5, 5.41) is 14.0. The van der Waals surface area contributed by atoms with Crippen LogP contribution in [0.4, 0.5) is 5.69 Å². The van der Waals surface area contributed by atoms with Crippen molar-refractivity contribution < 1.29 is 9.76 Å². The summed E-state index contributed by atoms with van der Waals surface area (Å²) >= 11 is 18.6. The van der Waals surface area contributed by atoms with E-state index in [0.717, 1.165) is 0 Å². The first-order chi connectivity index (χ1) is 14.4. The molecule has 0 amide bonds. The van der Waals surface area contributed by atoms with Gasteiger partial charge in [-0.1, -0.05) is 114 Å². The number of para-hydroxylation sites is 1. The van der Waals surface area contributed by atoms with Crippen LogP contribution in [0.3, 0.4) is 0 Å². The van der Waals surface area contributed by atoms with Gasteiger partial charge in [-0.2, -0.15) is 0 Å². The molecule has 1 aliphatic heterocycles. The Morgan fingerprint density at radius 1 is 0.833 bits per heavy atom. The van der Waals surface area contributed by atoms with Crippen LogP contribution in [0.1, 0.15) is 11.1 Å². The Morgan fingerprint density at radius 3 is 1.67 bits per heavy atom. The number of halogens is 3. The zero-order chi connectivity index (χ0) is 21.4. The van der Waals surface area contributed by atoms with Crippen LogP contribution in [0.2, 0.25) is 0 Å². The second-order valence-electron chi connectivity index (χ2n) is 6.93. The summed E-state index contributed by atoms with van der Waals surface area (Å²) in [6.07, 6.45) is -1.34. The zero-order valence-corrected chi connectivity index (χ0v) is 17.8. The van der Waals surface area contributed by atoms with Crippen LogP contribution in [0.25, 0.3) is 0 Å². The third kappa shape index (κ3) is 3.42. The maximum atomic E-state index is 12.5. The lowest BCUT2D eigenvalue weighted by Gasteiger charge is -2.38. The summed E-state index contributed by atoms with van der Waals surface area (Å²) in [5.74, 6) is 0. The number of nitrogens with zero attached hydrogens (tertiary/aromatic N) is 2. The van der Waals surface area contributed by atoms with E-state index >= 15 is 0 Å². The normalized spacial score (nSPS) is 20.8. The minimum atomic E-state index is -2.03. The van der Waals surface area contributed by atoms with E-state index in [2.05, 4.69) is 0 Å². The quantitative estimate of drug-likeness (QED) is 0.280. The van der Waals surface area contributed by atoms with Gasteiger partial charge in [0, 0.05) is 4.92 Å². The SMILES string of the molecule is O=[N+]([O-])[C@H]1[C@H](C(Cl)(Cl)Cl)ON(c2ccccc2)C1(c1ccccc1)c1ccccc1. The molecule has 2 atom stereocenters. The molecule has 0 radical (unpaired) electrons. The first-order valence-electron chi connectivity index (χ1n) is 9.20. The van der Waals surface area contributed by atoms with E-state index in [1.165, 1.54) is 5.06 Å². The first-order valence-corrected chi connectivity index (χ1v) is 10.3. The van der Waals surface area contributed by atoms with E-state index in [1.807, 2.05) is 78.9 Å². The fourth-order valence-corrected chi connectivity index (χ4v) is 4.53. The summed E-state index contributed by atoms with van der Waals surface area (Å²) in [6, 6.07) is 26.0. The van der Waals surface area contributed by atoms with Gasteiger partial charge in [-0.25, -0.2) is 5.06 Å². The van der Waals surface area contributed by atoms with Gasteiger partial charge in [0.05, 0.1) is 5.69 Å². The Bertz CT molecular complexity index is 975. The van der Waals surface area contributed by atoms with Crippen molar-refractivity contribution in [1.29, 1.82) is 0 Å². The molecule has 1 saturated heterocycles. The molecule has 4 rings (SSSR count). The highest BCUT2D eigenvalue weighted by Crippen LogP contribution is 2.53. The van der Waals surface area contributed by atoms with Crippen LogP contribution >= 0.6 is 34.8 Å². The zero-order valence-electron chi connectivity index (χ0n) is 15.6. The van der Waals surface area contributed by atoms with Gasteiger partial charge in [-0.3, -0.25) is 15.0 Å². The maximum Gasteiger partial charge on any atom is 0.279 e. The van der Waals surface area contributed by atoms with Gasteiger partial charge in [-0.15, -0.1) is 0 Å². The summed E-state index contributed by atoms with van der Waals surface area (Å²) in [4.78, 5) is 18.2. The fourth-order valence-electron chi connectivity index (χ4n) is 4.05. The summed E-state index contributed by atoms with van der Waals surface area (Å²) in [5.41, 5.74) is 0.535.